The predicted molar refractivity (Wildman–Crippen MR) is 92.9 cm³/mol. The molecule has 0 saturated carbocycles. The van der Waals surface area contributed by atoms with Gasteiger partial charge in [-0.3, -0.25) is 9.59 Å². The van der Waals surface area contributed by atoms with Gasteiger partial charge in [-0.25, -0.2) is 4.99 Å². The Morgan fingerprint density at radius 1 is 1.25 bits per heavy atom. The number of halogens is 1. The predicted octanol–water partition coefficient (Wildman–Crippen LogP) is 1.78. The van der Waals surface area contributed by atoms with E-state index in [-0.39, 0.29) is 17.7 Å². The zero-order valence-electron chi connectivity index (χ0n) is 13.3. The van der Waals surface area contributed by atoms with Crippen molar-refractivity contribution in [1.29, 1.82) is 0 Å². The first-order valence-corrected chi connectivity index (χ1v) is 8.12. The van der Waals surface area contributed by atoms with Gasteiger partial charge in [-0.2, -0.15) is 0 Å². The van der Waals surface area contributed by atoms with Gasteiger partial charge < -0.3 is 5.32 Å². The molecule has 0 spiro atoms. The number of carbonyl (C=O) groups excluding carboxylic acids is 2. The largest absolute Gasteiger partial charge is 0.352 e. The van der Waals surface area contributed by atoms with Gasteiger partial charge in [0.25, 0.3) is 5.91 Å². The van der Waals surface area contributed by atoms with Crippen LogP contribution in [0.25, 0.3) is 6.08 Å². The molecule has 0 bridgehead atoms. The van der Waals surface area contributed by atoms with Crippen molar-refractivity contribution in [2.45, 2.75) is 19.9 Å². The van der Waals surface area contributed by atoms with Crippen molar-refractivity contribution in [3.8, 4) is 0 Å². The number of hydrogen-bond acceptors (Lipinski definition) is 2. The molecular formula is C19H17ClN2O2. The number of nitrogens with zero attached hydrogens (tertiary/aromatic N) is 1. The molecule has 0 aliphatic carbocycles. The number of hydrogen-bond donors (Lipinski definition) is 1. The molecule has 3 rings (SSSR count). The number of rotatable bonds is 4. The van der Waals surface area contributed by atoms with Crippen LogP contribution in [0.2, 0.25) is 5.02 Å². The quantitative estimate of drug-likeness (QED) is 0.922. The minimum Gasteiger partial charge on any atom is -0.352 e. The Bertz CT molecular complexity index is 921. The van der Waals surface area contributed by atoms with Crippen LogP contribution in [0.5, 0.6) is 0 Å². The third-order valence-corrected chi connectivity index (χ3v) is 4.32. The second-order valence-electron chi connectivity index (χ2n) is 5.82. The summed E-state index contributed by atoms with van der Waals surface area (Å²) < 4.78 is 0. The fraction of sp³-hybridized carbons (Fsp3) is 0.211. The number of carbonyl (C=O) groups is 2. The lowest BCUT2D eigenvalue weighted by Crippen LogP contribution is -2.34. The van der Waals surface area contributed by atoms with Gasteiger partial charge >= 0.3 is 0 Å². The van der Waals surface area contributed by atoms with E-state index in [1.807, 2.05) is 48.5 Å². The van der Waals surface area contributed by atoms with Crippen LogP contribution in [0.4, 0.5) is 0 Å². The summed E-state index contributed by atoms with van der Waals surface area (Å²) in [7, 11) is 0. The summed E-state index contributed by atoms with van der Waals surface area (Å²) >= 11 is 6.28. The molecule has 4 nitrogen and oxygen atoms in total. The van der Waals surface area contributed by atoms with Crippen molar-refractivity contribution in [3.63, 3.8) is 0 Å². The summed E-state index contributed by atoms with van der Waals surface area (Å²) in [5.74, 6) is -0.512. The molecule has 1 heterocycles. The van der Waals surface area contributed by atoms with E-state index in [9.17, 15) is 9.59 Å². The first-order valence-electron chi connectivity index (χ1n) is 7.74. The number of amides is 2. The molecule has 24 heavy (non-hydrogen) atoms. The Hall–Kier alpha value is -2.46. The monoisotopic (exact) mass is 340 g/mol. The van der Waals surface area contributed by atoms with E-state index in [1.165, 1.54) is 6.92 Å². The Kier molecular flexibility index (Phi) is 4.76. The van der Waals surface area contributed by atoms with Crippen LogP contribution in [0.15, 0.2) is 47.5 Å². The summed E-state index contributed by atoms with van der Waals surface area (Å²) in [6.07, 6.45) is 2.51. The molecule has 0 saturated heterocycles. The smallest absolute Gasteiger partial charge is 0.253 e. The number of fused-ring (bicyclic) bond motifs is 1. The Morgan fingerprint density at radius 2 is 2.04 bits per heavy atom. The zero-order chi connectivity index (χ0) is 17.1. The molecule has 1 atom stereocenters. The van der Waals surface area contributed by atoms with Crippen LogP contribution in [0, 0.1) is 5.92 Å². The molecular weight excluding hydrogens is 324 g/mol. The van der Waals surface area contributed by atoms with Crippen LogP contribution in [0.3, 0.4) is 0 Å². The highest BCUT2D eigenvalue weighted by Crippen LogP contribution is 2.21. The minimum atomic E-state index is -0.280. The average Bonchev–Trinajstić information content (AvgIpc) is 2.54. The van der Waals surface area contributed by atoms with E-state index in [4.69, 9.17) is 11.6 Å². The van der Waals surface area contributed by atoms with Crippen molar-refractivity contribution in [3.05, 3.63) is 69.2 Å². The third kappa shape index (κ3) is 3.71. The summed E-state index contributed by atoms with van der Waals surface area (Å²) in [6, 6.07) is 13.3. The number of benzene rings is 2. The molecule has 1 aliphatic heterocycles. The Morgan fingerprint density at radius 3 is 2.79 bits per heavy atom. The SMILES string of the molecule is CC(=O)NCc1ccc(CC2C=c3ccccc3=NC2=O)cc1Cl. The van der Waals surface area contributed by atoms with Gasteiger partial charge in [-0.05, 0) is 34.9 Å². The van der Waals surface area contributed by atoms with Crippen LogP contribution in [-0.4, -0.2) is 11.8 Å². The van der Waals surface area contributed by atoms with Crippen molar-refractivity contribution in [2.75, 3.05) is 0 Å². The van der Waals surface area contributed by atoms with Gasteiger partial charge in [0.2, 0.25) is 5.91 Å². The second-order valence-corrected chi connectivity index (χ2v) is 6.23. The first-order chi connectivity index (χ1) is 11.5. The Labute approximate surface area is 144 Å². The maximum Gasteiger partial charge on any atom is 0.253 e. The van der Waals surface area contributed by atoms with Gasteiger partial charge in [0.05, 0.1) is 11.3 Å². The molecule has 2 aromatic carbocycles. The molecule has 122 valence electrons. The van der Waals surface area contributed by atoms with E-state index in [1.54, 1.807) is 0 Å². The highest BCUT2D eigenvalue weighted by molar-refractivity contribution is 6.31. The summed E-state index contributed by atoms with van der Waals surface area (Å²) in [5.41, 5.74) is 1.82. The fourth-order valence-electron chi connectivity index (χ4n) is 2.70. The summed E-state index contributed by atoms with van der Waals surface area (Å²) in [4.78, 5) is 27.4. The molecule has 0 fully saturated rings. The lowest BCUT2D eigenvalue weighted by atomic mass is 9.95. The van der Waals surface area contributed by atoms with Gasteiger partial charge in [0.15, 0.2) is 0 Å². The van der Waals surface area contributed by atoms with E-state index in [0.29, 0.717) is 18.0 Å². The standard InChI is InChI=1S/C19H17ClN2O2/c1-12(23)21-11-15-7-6-13(9-17(15)20)8-16-10-14-4-2-3-5-18(14)22-19(16)24/h2-7,9-10,16H,8,11H2,1H3,(H,21,23). The normalized spacial score (nSPS) is 15.9. The molecule has 2 aromatic rings. The van der Waals surface area contributed by atoms with Crippen molar-refractivity contribution < 1.29 is 9.59 Å². The van der Waals surface area contributed by atoms with Crippen LogP contribution in [-0.2, 0) is 22.6 Å². The van der Waals surface area contributed by atoms with Crippen molar-refractivity contribution in [1.82, 2.24) is 5.32 Å². The van der Waals surface area contributed by atoms with Gasteiger partial charge in [-0.15, -0.1) is 0 Å². The number of para-hydroxylation sites is 1. The second kappa shape index (κ2) is 6.97. The molecule has 1 N–H and O–H groups in total. The highest BCUT2D eigenvalue weighted by Gasteiger charge is 2.19. The Balaban J connectivity index is 1.79. The van der Waals surface area contributed by atoms with Gasteiger partial charge in [0, 0.05) is 18.5 Å². The lowest BCUT2D eigenvalue weighted by Gasteiger charge is -2.13. The molecule has 0 radical (unpaired) electrons. The molecule has 1 unspecified atom stereocenters. The van der Waals surface area contributed by atoms with Crippen LogP contribution < -0.4 is 15.9 Å². The van der Waals surface area contributed by atoms with Crippen molar-refractivity contribution >= 4 is 29.5 Å². The zero-order valence-corrected chi connectivity index (χ0v) is 14.0. The van der Waals surface area contributed by atoms with E-state index in [2.05, 4.69) is 10.3 Å². The van der Waals surface area contributed by atoms with Crippen LogP contribution in [0.1, 0.15) is 18.1 Å². The maximum absolute atomic E-state index is 12.2. The van der Waals surface area contributed by atoms with E-state index in [0.717, 1.165) is 21.7 Å². The van der Waals surface area contributed by atoms with E-state index < -0.39 is 0 Å². The summed E-state index contributed by atoms with van der Waals surface area (Å²) in [5, 5.41) is 5.01. The summed E-state index contributed by atoms with van der Waals surface area (Å²) in [6.45, 7) is 1.86. The molecule has 5 heteroatoms. The topological polar surface area (TPSA) is 58.5 Å². The van der Waals surface area contributed by atoms with Crippen molar-refractivity contribution in [2.24, 2.45) is 10.9 Å². The van der Waals surface area contributed by atoms with E-state index >= 15 is 0 Å². The van der Waals surface area contributed by atoms with Gasteiger partial charge in [0.1, 0.15) is 0 Å². The third-order valence-electron chi connectivity index (χ3n) is 3.97. The van der Waals surface area contributed by atoms with Crippen LogP contribution >= 0.6 is 11.6 Å². The highest BCUT2D eigenvalue weighted by atomic mass is 35.5. The first kappa shape index (κ1) is 16.4. The molecule has 1 aliphatic rings. The molecule has 0 aromatic heterocycles. The maximum atomic E-state index is 12.2. The minimum absolute atomic E-state index is 0.0992. The number of nitrogens with one attached hydrogen (secondary N) is 1. The fourth-order valence-corrected chi connectivity index (χ4v) is 2.97. The van der Waals surface area contributed by atoms with Gasteiger partial charge in [-0.1, -0.05) is 48.0 Å². The average molecular weight is 341 g/mol. The lowest BCUT2D eigenvalue weighted by molar-refractivity contribution is -0.120. The molecule has 2 amide bonds.